The third-order valence-electron chi connectivity index (χ3n) is 2.92. The smallest absolute Gasteiger partial charge is 0.262 e. The van der Waals surface area contributed by atoms with Gasteiger partial charge in [-0.1, -0.05) is 18.2 Å². The average Bonchev–Trinajstić information content (AvgIpc) is 2.43. The van der Waals surface area contributed by atoms with Gasteiger partial charge in [0.2, 0.25) is 0 Å². The number of hydrogen-bond donors (Lipinski definition) is 2. The Kier molecular flexibility index (Phi) is 4.24. The molecule has 4 nitrogen and oxygen atoms in total. The monoisotopic (exact) mass is 313 g/mol. The maximum atomic E-state index is 13.5. The molecule has 0 saturated carbocycles. The number of rotatable bonds is 4. The third kappa shape index (κ3) is 3.20. The van der Waals surface area contributed by atoms with Gasteiger partial charge in [0, 0.05) is 0 Å². The van der Waals surface area contributed by atoms with E-state index in [1.54, 1.807) is 13.0 Å². The van der Waals surface area contributed by atoms with Gasteiger partial charge in [0.15, 0.2) is 0 Å². The van der Waals surface area contributed by atoms with Crippen molar-refractivity contribution in [1.82, 2.24) is 0 Å². The Balaban J connectivity index is 2.48. The molecule has 0 aromatic heterocycles. The molecule has 2 rings (SSSR count). The van der Waals surface area contributed by atoms with Crippen LogP contribution in [0.4, 0.5) is 14.5 Å². The quantitative estimate of drug-likeness (QED) is 0.911. The first-order chi connectivity index (χ1) is 9.85. The SMILES string of the molecule is Cc1ccc(CO)cc1S(=O)(=O)Nc1c(F)cccc1F. The van der Waals surface area contributed by atoms with Crippen LogP contribution in [0, 0.1) is 18.6 Å². The van der Waals surface area contributed by atoms with Crippen LogP contribution < -0.4 is 4.72 Å². The molecule has 0 aliphatic rings. The largest absolute Gasteiger partial charge is 0.392 e. The molecular formula is C14H13F2NO3S. The molecule has 0 unspecified atom stereocenters. The van der Waals surface area contributed by atoms with Gasteiger partial charge in [0.05, 0.1) is 11.5 Å². The molecule has 7 heteroatoms. The molecule has 2 aromatic rings. The average molecular weight is 313 g/mol. The predicted molar refractivity (Wildman–Crippen MR) is 74.3 cm³/mol. The van der Waals surface area contributed by atoms with Crippen molar-refractivity contribution < 1.29 is 22.3 Å². The minimum Gasteiger partial charge on any atom is -0.392 e. The number of para-hydroxylation sites is 1. The molecule has 0 aliphatic heterocycles. The number of sulfonamides is 1. The molecule has 0 saturated heterocycles. The lowest BCUT2D eigenvalue weighted by atomic mass is 10.2. The third-order valence-corrected chi connectivity index (χ3v) is 4.42. The Morgan fingerprint density at radius 3 is 2.33 bits per heavy atom. The summed E-state index contributed by atoms with van der Waals surface area (Å²) < 4.78 is 53.5. The summed E-state index contributed by atoms with van der Waals surface area (Å²) in [6, 6.07) is 7.39. The van der Waals surface area contributed by atoms with Crippen LogP contribution in [0.3, 0.4) is 0 Å². The van der Waals surface area contributed by atoms with Crippen LogP contribution in [0.25, 0.3) is 0 Å². The summed E-state index contributed by atoms with van der Waals surface area (Å²) >= 11 is 0. The first-order valence-electron chi connectivity index (χ1n) is 6.02. The fourth-order valence-corrected chi connectivity index (χ4v) is 3.19. The second-order valence-corrected chi connectivity index (χ2v) is 6.11. The number of benzene rings is 2. The van der Waals surface area contributed by atoms with Crippen molar-refractivity contribution in [2.75, 3.05) is 4.72 Å². The lowest BCUT2D eigenvalue weighted by Crippen LogP contribution is -2.16. The van der Waals surface area contributed by atoms with Crippen LogP contribution in [0.15, 0.2) is 41.3 Å². The van der Waals surface area contributed by atoms with Gasteiger partial charge in [-0.05, 0) is 36.2 Å². The molecule has 0 atom stereocenters. The minimum absolute atomic E-state index is 0.142. The zero-order valence-corrected chi connectivity index (χ0v) is 11.9. The highest BCUT2D eigenvalue weighted by Crippen LogP contribution is 2.24. The second-order valence-electron chi connectivity index (χ2n) is 4.46. The lowest BCUT2D eigenvalue weighted by molar-refractivity contribution is 0.281. The Bertz CT molecular complexity index is 756. The van der Waals surface area contributed by atoms with E-state index in [1.165, 1.54) is 12.1 Å². The predicted octanol–water partition coefficient (Wildman–Crippen LogP) is 2.57. The Hall–Kier alpha value is -1.99. The van der Waals surface area contributed by atoms with Gasteiger partial charge in [-0.3, -0.25) is 4.72 Å². The zero-order valence-electron chi connectivity index (χ0n) is 11.1. The highest BCUT2D eigenvalue weighted by Gasteiger charge is 2.21. The van der Waals surface area contributed by atoms with Gasteiger partial charge in [-0.2, -0.15) is 0 Å². The van der Waals surface area contributed by atoms with E-state index in [0.717, 1.165) is 18.2 Å². The fraction of sp³-hybridized carbons (Fsp3) is 0.143. The summed E-state index contributed by atoms with van der Waals surface area (Å²) in [5.74, 6) is -2.01. The van der Waals surface area contributed by atoms with Crippen LogP contribution in [0.5, 0.6) is 0 Å². The van der Waals surface area contributed by atoms with Gasteiger partial charge in [-0.15, -0.1) is 0 Å². The summed E-state index contributed by atoms with van der Waals surface area (Å²) in [5.41, 5.74) is 0.0535. The van der Waals surface area contributed by atoms with E-state index >= 15 is 0 Å². The van der Waals surface area contributed by atoms with Crippen molar-refractivity contribution in [3.05, 3.63) is 59.2 Å². The molecule has 0 spiro atoms. The first kappa shape index (κ1) is 15.4. The van der Waals surface area contributed by atoms with E-state index in [0.29, 0.717) is 11.1 Å². The normalized spacial score (nSPS) is 11.4. The zero-order chi connectivity index (χ0) is 15.6. The fourth-order valence-electron chi connectivity index (χ4n) is 1.82. The highest BCUT2D eigenvalue weighted by atomic mass is 32.2. The maximum Gasteiger partial charge on any atom is 0.262 e. The molecule has 0 amide bonds. The molecule has 0 bridgehead atoms. The van der Waals surface area contributed by atoms with Crippen LogP contribution in [0.2, 0.25) is 0 Å². The molecule has 112 valence electrons. The van der Waals surface area contributed by atoms with Crippen molar-refractivity contribution in [3.8, 4) is 0 Å². The first-order valence-corrected chi connectivity index (χ1v) is 7.50. The van der Waals surface area contributed by atoms with Crippen molar-refractivity contribution in [2.45, 2.75) is 18.4 Å². The number of anilines is 1. The van der Waals surface area contributed by atoms with Crippen molar-refractivity contribution >= 4 is 15.7 Å². The molecule has 2 N–H and O–H groups in total. The minimum atomic E-state index is -4.16. The lowest BCUT2D eigenvalue weighted by Gasteiger charge is -2.12. The van der Waals surface area contributed by atoms with E-state index in [1.807, 2.05) is 4.72 Å². The summed E-state index contributed by atoms with van der Waals surface area (Å²) in [7, 11) is -4.16. The van der Waals surface area contributed by atoms with Crippen molar-refractivity contribution in [2.24, 2.45) is 0 Å². The standard InChI is InChI=1S/C14H13F2NO3S/c1-9-5-6-10(8-18)7-13(9)21(19,20)17-14-11(15)3-2-4-12(14)16/h2-7,17-18H,8H2,1H3. The molecular weight excluding hydrogens is 300 g/mol. The Labute approximate surface area is 121 Å². The Morgan fingerprint density at radius 2 is 1.76 bits per heavy atom. The molecule has 21 heavy (non-hydrogen) atoms. The summed E-state index contributed by atoms with van der Waals surface area (Å²) in [5, 5.41) is 9.06. The number of halogens is 2. The van der Waals surface area contributed by atoms with Crippen molar-refractivity contribution in [3.63, 3.8) is 0 Å². The van der Waals surface area contributed by atoms with Crippen LogP contribution in [-0.4, -0.2) is 13.5 Å². The van der Waals surface area contributed by atoms with E-state index in [2.05, 4.69) is 0 Å². The summed E-state index contributed by atoms with van der Waals surface area (Å²) in [4.78, 5) is -0.142. The van der Waals surface area contributed by atoms with Gasteiger partial charge in [0.1, 0.15) is 17.3 Å². The van der Waals surface area contributed by atoms with E-state index in [-0.39, 0.29) is 11.5 Å². The number of aliphatic hydroxyl groups is 1. The number of nitrogens with one attached hydrogen (secondary N) is 1. The van der Waals surface area contributed by atoms with Gasteiger partial charge in [0.25, 0.3) is 10.0 Å². The topological polar surface area (TPSA) is 66.4 Å². The summed E-state index contributed by atoms with van der Waals surface area (Å²) in [6.07, 6.45) is 0. The van der Waals surface area contributed by atoms with E-state index in [4.69, 9.17) is 5.11 Å². The van der Waals surface area contributed by atoms with Crippen LogP contribution >= 0.6 is 0 Å². The van der Waals surface area contributed by atoms with Gasteiger partial charge in [-0.25, -0.2) is 17.2 Å². The van der Waals surface area contributed by atoms with Gasteiger partial charge >= 0.3 is 0 Å². The number of aryl methyl sites for hydroxylation is 1. The Morgan fingerprint density at radius 1 is 1.14 bits per heavy atom. The highest BCUT2D eigenvalue weighted by molar-refractivity contribution is 7.92. The number of aliphatic hydroxyl groups excluding tert-OH is 1. The van der Waals surface area contributed by atoms with Crippen LogP contribution in [-0.2, 0) is 16.6 Å². The van der Waals surface area contributed by atoms with E-state index < -0.39 is 27.3 Å². The van der Waals surface area contributed by atoms with Crippen molar-refractivity contribution in [1.29, 1.82) is 0 Å². The van der Waals surface area contributed by atoms with Crippen LogP contribution in [0.1, 0.15) is 11.1 Å². The molecule has 2 aromatic carbocycles. The van der Waals surface area contributed by atoms with E-state index in [9.17, 15) is 17.2 Å². The molecule has 0 heterocycles. The van der Waals surface area contributed by atoms with Gasteiger partial charge < -0.3 is 5.11 Å². The molecule has 0 radical (unpaired) electrons. The molecule has 0 aliphatic carbocycles. The molecule has 0 fully saturated rings. The number of hydrogen-bond acceptors (Lipinski definition) is 3. The summed E-state index contributed by atoms with van der Waals surface area (Å²) in [6.45, 7) is 1.21. The maximum absolute atomic E-state index is 13.5. The second kappa shape index (κ2) is 5.79.